The molecular weight excluding hydrogens is 445 g/mol. The number of esters is 1. The van der Waals surface area contributed by atoms with Gasteiger partial charge >= 0.3 is 5.97 Å². The van der Waals surface area contributed by atoms with Crippen molar-refractivity contribution in [3.05, 3.63) is 75.4 Å². The summed E-state index contributed by atoms with van der Waals surface area (Å²) in [6, 6.07) is 12.8. The van der Waals surface area contributed by atoms with Gasteiger partial charge in [0.1, 0.15) is 5.75 Å². The van der Waals surface area contributed by atoms with Crippen LogP contribution in [0.1, 0.15) is 56.6 Å². The maximum atomic E-state index is 12.1. The van der Waals surface area contributed by atoms with E-state index in [9.17, 15) is 4.79 Å². The Kier molecular flexibility index (Phi) is 9.39. The highest BCUT2D eigenvalue weighted by molar-refractivity contribution is 6.35. The molecule has 0 N–H and O–H groups in total. The van der Waals surface area contributed by atoms with Crippen LogP contribution in [0.5, 0.6) is 5.75 Å². The van der Waals surface area contributed by atoms with Crippen molar-refractivity contribution in [2.75, 3.05) is 6.61 Å². The first-order chi connectivity index (χ1) is 15.5. The molecule has 0 bridgehead atoms. The number of cyclic esters (lactones) is 1. The van der Waals surface area contributed by atoms with E-state index in [2.05, 4.69) is 11.9 Å². The third-order valence-electron chi connectivity index (χ3n) is 4.96. The van der Waals surface area contributed by atoms with Gasteiger partial charge in [0.25, 0.3) is 0 Å². The van der Waals surface area contributed by atoms with Crippen molar-refractivity contribution in [3.63, 3.8) is 0 Å². The largest absolute Gasteiger partial charge is 0.494 e. The van der Waals surface area contributed by atoms with Crippen molar-refractivity contribution in [2.24, 2.45) is 4.99 Å². The molecule has 4 nitrogen and oxygen atoms in total. The van der Waals surface area contributed by atoms with E-state index in [4.69, 9.17) is 32.7 Å². The van der Waals surface area contributed by atoms with Crippen molar-refractivity contribution in [1.29, 1.82) is 0 Å². The Balaban J connectivity index is 1.53. The SMILES string of the molecule is CCCCCCCCOc1ccc(C=C2N=C(C=Cc3ccc(Cl)cc3Cl)OC2=O)cc1. The Bertz CT molecular complexity index is 1010. The van der Waals surface area contributed by atoms with Gasteiger partial charge in [-0.05, 0) is 54.0 Å². The normalized spacial score (nSPS) is 14.8. The van der Waals surface area contributed by atoms with Gasteiger partial charge in [0.2, 0.25) is 5.90 Å². The highest BCUT2D eigenvalue weighted by Gasteiger charge is 2.21. The zero-order valence-electron chi connectivity index (χ0n) is 18.2. The lowest BCUT2D eigenvalue weighted by Gasteiger charge is -2.06. The molecule has 0 unspecified atom stereocenters. The summed E-state index contributed by atoms with van der Waals surface area (Å²) < 4.78 is 11.0. The van der Waals surface area contributed by atoms with Gasteiger partial charge < -0.3 is 9.47 Å². The summed E-state index contributed by atoms with van der Waals surface area (Å²) >= 11 is 12.1. The summed E-state index contributed by atoms with van der Waals surface area (Å²) in [5.74, 6) is 0.545. The molecule has 0 atom stereocenters. The molecule has 0 saturated heterocycles. The van der Waals surface area contributed by atoms with E-state index < -0.39 is 5.97 Å². The van der Waals surface area contributed by atoms with Crippen LogP contribution >= 0.6 is 23.2 Å². The van der Waals surface area contributed by atoms with E-state index in [0.717, 1.165) is 29.9 Å². The van der Waals surface area contributed by atoms with Gasteiger partial charge in [0.15, 0.2) is 5.70 Å². The molecule has 0 aromatic heterocycles. The van der Waals surface area contributed by atoms with Crippen molar-refractivity contribution >= 4 is 47.2 Å². The standard InChI is InChI=1S/C26H27Cl2NO3/c1-2-3-4-5-6-7-16-31-22-13-8-19(9-14-22)17-24-26(30)32-25(29-24)15-11-20-10-12-21(27)18-23(20)28/h8-15,17-18H,2-7,16H2,1H3. The number of hydrogen-bond donors (Lipinski definition) is 0. The molecule has 3 rings (SSSR count). The molecule has 0 spiro atoms. The first kappa shape index (κ1) is 24.1. The third-order valence-corrected chi connectivity index (χ3v) is 5.52. The second kappa shape index (κ2) is 12.5. The average Bonchev–Trinajstić information content (AvgIpc) is 3.12. The smallest absolute Gasteiger partial charge is 0.363 e. The molecule has 1 aliphatic heterocycles. The molecule has 0 fully saturated rings. The Hall–Kier alpha value is -2.56. The van der Waals surface area contributed by atoms with Crippen molar-refractivity contribution < 1.29 is 14.3 Å². The second-order valence-corrected chi connectivity index (χ2v) is 8.40. The minimum absolute atomic E-state index is 0.214. The van der Waals surface area contributed by atoms with Crippen LogP contribution in [-0.2, 0) is 9.53 Å². The Morgan fingerprint density at radius 3 is 2.47 bits per heavy atom. The molecule has 168 valence electrons. The number of carbonyl (C=O) groups is 1. The highest BCUT2D eigenvalue weighted by atomic mass is 35.5. The second-order valence-electron chi connectivity index (χ2n) is 7.55. The molecule has 0 saturated carbocycles. The highest BCUT2D eigenvalue weighted by Crippen LogP contribution is 2.23. The fraction of sp³-hybridized carbons (Fsp3) is 0.308. The van der Waals surface area contributed by atoms with Crippen LogP contribution in [0.4, 0.5) is 0 Å². The molecule has 0 aliphatic carbocycles. The molecule has 32 heavy (non-hydrogen) atoms. The van der Waals surface area contributed by atoms with E-state index >= 15 is 0 Å². The number of rotatable bonds is 11. The minimum atomic E-state index is -0.491. The predicted molar refractivity (Wildman–Crippen MR) is 132 cm³/mol. The average molecular weight is 472 g/mol. The maximum absolute atomic E-state index is 12.1. The third kappa shape index (κ3) is 7.54. The van der Waals surface area contributed by atoms with Crippen LogP contribution in [0.3, 0.4) is 0 Å². The van der Waals surface area contributed by atoms with E-state index in [-0.39, 0.29) is 11.6 Å². The molecular formula is C26H27Cl2NO3. The van der Waals surface area contributed by atoms with Crippen LogP contribution in [0.25, 0.3) is 12.2 Å². The topological polar surface area (TPSA) is 47.9 Å². The Morgan fingerprint density at radius 1 is 0.969 bits per heavy atom. The zero-order valence-corrected chi connectivity index (χ0v) is 19.7. The number of nitrogens with zero attached hydrogens (tertiary/aromatic N) is 1. The first-order valence-corrected chi connectivity index (χ1v) is 11.7. The minimum Gasteiger partial charge on any atom is -0.494 e. The van der Waals surface area contributed by atoms with E-state index in [1.165, 1.54) is 32.1 Å². The molecule has 1 aliphatic rings. The fourth-order valence-electron chi connectivity index (χ4n) is 3.19. The van der Waals surface area contributed by atoms with Gasteiger partial charge in [0.05, 0.1) is 6.61 Å². The van der Waals surface area contributed by atoms with Gasteiger partial charge in [-0.2, -0.15) is 0 Å². The summed E-state index contributed by atoms with van der Waals surface area (Å²) in [7, 11) is 0. The molecule has 1 heterocycles. The zero-order chi connectivity index (χ0) is 22.8. The van der Waals surface area contributed by atoms with E-state index in [1.807, 2.05) is 24.3 Å². The quantitative estimate of drug-likeness (QED) is 0.191. The van der Waals surface area contributed by atoms with Gasteiger partial charge in [-0.25, -0.2) is 9.79 Å². The van der Waals surface area contributed by atoms with Crippen LogP contribution in [0.2, 0.25) is 10.0 Å². The molecule has 2 aromatic carbocycles. The van der Waals surface area contributed by atoms with Crippen LogP contribution in [-0.4, -0.2) is 18.5 Å². The molecule has 6 heteroatoms. The Morgan fingerprint density at radius 2 is 1.72 bits per heavy atom. The van der Waals surface area contributed by atoms with E-state index in [1.54, 1.807) is 36.4 Å². The lowest BCUT2D eigenvalue weighted by Crippen LogP contribution is -2.01. The number of hydrogen-bond acceptors (Lipinski definition) is 4. The maximum Gasteiger partial charge on any atom is 0.363 e. The van der Waals surface area contributed by atoms with Crippen LogP contribution in [0, 0.1) is 0 Å². The van der Waals surface area contributed by atoms with Crippen molar-refractivity contribution in [1.82, 2.24) is 0 Å². The van der Waals surface area contributed by atoms with Crippen molar-refractivity contribution in [2.45, 2.75) is 45.4 Å². The Labute approximate surface area is 199 Å². The molecule has 2 aromatic rings. The predicted octanol–water partition coefficient (Wildman–Crippen LogP) is 7.74. The number of benzene rings is 2. The van der Waals surface area contributed by atoms with Crippen LogP contribution < -0.4 is 4.74 Å². The summed E-state index contributed by atoms with van der Waals surface area (Å²) in [5.41, 5.74) is 1.84. The summed E-state index contributed by atoms with van der Waals surface area (Å²) in [4.78, 5) is 16.4. The van der Waals surface area contributed by atoms with Gasteiger partial charge in [-0.15, -0.1) is 0 Å². The van der Waals surface area contributed by atoms with Gasteiger partial charge in [0, 0.05) is 16.1 Å². The number of ether oxygens (including phenoxy) is 2. The first-order valence-electron chi connectivity index (χ1n) is 10.9. The summed E-state index contributed by atoms with van der Waals surface area (Å²) in [6.45, 7) is 2.94. The summed E-state index contributed by atoms with van der Waals surface area (Å²) in [6.07, 6.45) is 12.4. The van der Waals surface area contributed by atoms with Crippen molar-refractivity contribution in [3.8, 4) is 5.75 Å². The number of aliphatic imine (C=N–C) groups is 1. The van der Waals surface area contributed by atoms with Gasteiger partial charge in [-0.3, -0.25) is 0 Å². The fourth-order valence-corrected chi connectivity index (χ4v) is 3.66. The lowest BCUT2D eigenvalue weighted by molar-refractivity contribution is -0.129. The molecule has 0 amide bonds. The monoisotopic (exact) mass is 471 g/mol. The number of halogens is 2. The van der Waals surface area contributed by atoms with Crippen LogP contribution in [0.15, 0.2) is 59.2 Å². The number of carbonyl (C=O) groups excluding carboxylic acids is 1. The number of unbranched alkanes of at least 4 members (excludes halogenated alkanes) is 5. The molecule has 0 radical (unpaired) electrons. The summed E-state index contributed by atoms with van der Waals surface area (Å²) in [5, 5.41) is 1.06. The lowest BCUT2D eigenvalue weighted by atomic mass is 10.1. The van der Waals surface area contributed by atoms with Gasteiger partial charge in [-0.1, -0.05) is 80.4 Å². The van der Waals surface area contributed by atoms with E-state index in [0.29, 0.717) is 10.0 Å².